The molecule has 0 atom stereocenters. The summed E-state index contributed by atoms with van der Waals surface area (Å²) in [5, 5.41) is 23.4. The molecular formula is C32H37N5O3. The Balaban J connectivity index is 1.50. The second kappa shape index (κ2) is 12.2. The van der Waals surface area contributed by atoms with Crippen LogP contribution >= 0.6 is 0 Å². The molecule has 5 rings (SSSR count). The molecule has 0 aliphatic heterocycles. The molecular weight excluding hydrogens is 502 g/mol. The van der Waals surface area contributed by atoms with E-state index < -0.39 is 0 Å². The van der Waals surface area contributed by atoms with Crippen LogP contribution in [0.1, 0.15) is 80.3 Å². The second-order valence-corrected chi connectivity index (χ2v) is 10.8. The lowest BCUT2D eigenvalue weighted by Crippen LogP contribution is -2.40. The molecule has 1 N–H and O–H groups in total. The average molecular weight is 540 g/mol. The molecule has 1 aliphatic carbocycles. The molecule has 0 amide bonds. The number of methoxy groups -OCH3 is 1. The molecule has 208 valence electrons. The minimum Gasteiger partial charge on any atom is -0.396 e. The van der Waals surface area contributed by atoms with Crippen molar-refractivity contribution < 1.29 is 9.84 Å². The average Bonchev–Trinajstić information content (AvgIpc) is 3.48. The van der Waals surface area contributed by atoms with Crippen molar-refractivity contribution in [1.29, 1.82) is 5.26 Å². The summed E-state index contributed by atoms with van der Waals surface area (Å²) in [6, 6.07) is 18.0. The number of nitriles is 1. The fraction of sp³-hybridized carbons (Fsp3) is 0.438. The second-order valence-electron chi connectivity index (χ2n) is 10.8. The van der Waals surface area contributed by atoms with Crippen molar-refractivity contribution in [2.45, 2.75) is 76.4 Å². The van der Waals surface area contributed by atoms with E-state index in [0.717, 1.165) is 72.9 Å². The number of benzene rings is 2. The van der Waals surface area contributed by atoms with Gasteiger partial charge in [-0.25, -0.2) is 4.52 Å². The van der Waals surface area contributed by atoms with Crippen molar-refractivity contribution in [3.63, 3.8) is 0 Å². The van der Waals surface area contributed by atoms with Crippen LogP contribution in [-0.4, -0.2) is 43.6 Å². The van der Waals surface area contributed by atoms with Gasteiger partial charge < -0.3 is 9.84 Å². The normalized spacial score (nSPS) is 19.1. The zero-order valence-electron chi connectivity index (χ0n) is 23.3. The SMILES string of the molecule is CCCc1c(Cc2ccc(-c3ccccc3C#N)cc2)c(=O)n([C@H]2CC[C@@](CCCO)(OC)CC2)c2ncnn12. The maximum absolute atomic E-state index is 14.2. The monoisotopic (exact) mass is 539 g/mol. The molecule has 4 aromatic rings. The fourth-order valence-electron chi connectivity index (χ4n) is 6.26. The van der Waals surface area contributed by atoms with Crippen LogP contribution in [0.25, 0.3) is 16.9 Å². The van der Waals surface area contributed by atoms with Crippen LogP contribution in [0.2, 0.25) is 0 Å². The smallest absolute Gasteiger partial charge is 0.259 e. The maximum Gasteiger partial charge on any atom is 0.259 e. The van der Waals surface area contributed by atoms with Gasteiger partial charge in [-0.15, -0.1) is 0 Å². The third-order valence-corrected chi connectivity index (χ3v) is 8.46. The van der Waals surface area contributed by atoms with Gasteiger partial charge in [-0.2, -0.15) is 15.3 Å². The lowest BCUT2D eigenvalue weighted by Gasteiger charge is -2.39. The number of aromatic nitrogens is 4. The van der Waals surface area contributed by atoms with Crippen LogP contribution in [0.4, 0.5) is 0 Å². The van der Waals surface area contributed by atoms with Crippen molar-refractivity contribution >= 4 is 5.78 Å². The largest absolute Gasteiger partial charge is 0.396 e. The lowest BCUT2D eigenvalue weighted by molar-refractivity contribution is -0.0569. The van der Waals surface area contributed by atoms with E-state index in [2.05, 4.69) is 23.1 Å². The molecule has 0 saturated heterocycles. The molecule has 0 unspecified atom stereocenters. The quantitative estimate of drug-likeness (QED) is 0.295. The van der Waals surface area contributed by atoms with Crippen LogP contribution in [0.3, 0.4) is 0 Å². The van der Waals surface area contributed by atoms with Gasteiger partial charge in [0.2, 0.25) is 5.78 Å². The summed E-state index contributed by atoms with van der Waals surface area (Å²) in [4.78, 5) is 18.8. The summed E-state index contributed by atoms with van der Waals surface area (Å²) in [7, 11) is 1.75. The molecule has 2 aromatic carbocycles. The predicted molar refractivity (Wildman–Crippen MR) is 154 cm³/mol. The third-order valence-electron chi connectivity index (χ3n) is 8.46. The van der Waals surface area contributed by atoms with Crippen LogP contribution < -0.4 is 5.56 Å². The van der Waals surface area contributed by atoms with E-state index >= 15 is 0 Å². The zero-order valence-corrected chi connectivity index (χ0v) is 23.3. The van der Waals surface area contributed by atoms with Crippen molar-refractivity contribution in [3.8, 4) is 17.2 Å². The number of nitrogens with zero attached hydrogens (tertiary/aromatic N) is 5. The molecule has 0 bridgehead atoms. The van der Waals surface area contributed by atoms with Gasteiger partial charge in [-0.1, -0.05) is 55.8 Å². The Labute approximate surface area is 234 Å². The van der Waals surface area contributed by atoms with E-state index in [9.17, 15) is 15.2 Å². The molecule has 8 heteroatoms. The minimum atomic E-state index is -0.246. The standard InChI is InChI=1S/C32H37N5O3/c1-3-7-29-28(20-23-10-12-24(13-11-23)27-9-5-4-8-25(27)21-33)30(39)36(31-34-22-35-37(29)31)26-14-17-32(40-2,18-15-26)16-6-19-38/h4-5,8-13,22,26,38H,3,6-7,14-20H2,1-2H3/t26-,32+. The highest BCUT2D eigenvalue weighted by Gasteiger charge is 2.37. The van der Waals surface area contributed by atoms with Crippen LogP contribution in [-0.2, 0) is 17.6 Å². The molecule has 8 nitrogen and oxygen atoms in total. The van der Waals surface area contributed by atoms with Gasteiger partial charge in [0.05, 0.1) is 22.9 Å². The summed E-state index contributed by atoms with van der Waals surface area (Å²) in [5.74, 6) is 0.603. The summed E-state index contributed by atoms with van der Waals surface area (Å²) in [6.45, 7) is 2.26. The van der Waals surface area contributed by atoms with Gasteiger partial charge in [0.25, 0.3) is 5.56 Å². The Morgan fingerprint density at radius 2 is 1.90 bits per heavy atom. The van der Waals surface area contributed by atoms with Crippen molar-refractivity contribution in [2.24, 2.45) is 0 Å². The number of hydrogen-bond donors (Lipinski definition) is 1. The van der Waals surface area contributed by atoms with Crippen molar-refractivity contribution in [1.82, 2.24) is 19.2 Å². The number of fused-ring (bicyclic) bond motifs is 1. The third kappa shape index (κ3) is 5.32. The summed E-state index contributed by atoms with van der Waals surface area (Å²) >= 11 is 0. The van der Waals surface area contributed by atoms with Crippen molar-refractivity contribution in [3.05, 3.63) is 87.6 Å². The number of hydrogen-bond acceptors (Lipinski definition) is 6. The molecule has 1 fully saturated rings. The topological polar surface area (TPSA) is 105 Å². The number of aliphatic hydroxyl groups excluding tert-OH is 1. The van der Waals surface area contributed by atoms with Gasteiger partial charge in [0.1, 0.15) is 6.33 Å². The van der Waals surface area contributed by atoms with Gasteiger partial charge in [0, 0.05) is 31.7 Å². The Morgan fingerprint density at radius 1 is 1.15 bits per heavy atom. The van der Waals surface area contributed by atoms with E-state index in [1.54, 1.807) is 13.4 Å². The molecule has 40 heavy (non-hydrogen) atoms. The summed E-state index contributed by atoms with van der Waals surface area (Å²) < 4.78 is 9.66. The van der Waals surface area contributed by atoms with Gasteiger partial charge in [-0.05, 0) is 67.7 Å². The molecule has 1 saturated carbocycles. The van der Waals surface area contributed by atoms with Crippen LogP contribution in [0.15, 0.2) is 59.7 Å². The van der Waals surface area contributed by atoms with E-state index in [1.807, 2.05) is 57.6 Å². The fourth-order valence-corrected chi connectivity index (χ4v) is 6.26. The Bertz CT molecular complexity index is 1560. The first-order chi connectivity index (χ1) is 19.5. The highest BCUT2D eigenvalue weighted by atomic mass is 16.5. The van der Waals surface area contributed by atoms with E-state index in [1.165, 1.54) is 0 Å². The Morgan fingerprint density at radius 3 is 2.58 bits per heavy atom. The van der Waals surface area contributed by atoms with Gasteiger partial charge >= 0.3 is 0 Å². The highest BCUT2D eigenvalue weighted by molar-refractivity contribution is 5.70. The molecule has 2 aromatic heterocycles. The summed E-state index contributed by atoms with van der Waals surface area (Å²) in [6.07, 6.45) is 8.47. The van der Waals surface area contributed by atoms with Gasteiger partial charge in [-0.3, -0.25) is 9.36 Å². The number of aliphatic hydroxyl groups is 1. The molecule has 1 aliphatic rings. The zero-order chi connectivity index (χ0) is 28.1. The van der Waals surface area contributed by atoms with E-state index in [-0.39, 0.29) is 23.8 Å². The van der Waals surface area contributed by atoms with E-state index in [4.69, 9.17) is 4.74 Å². The highest BCUT2D eigenvalue weighted by Crippen LogP contribution is 2.40. The lowest BCUT2D eigenvalue weighted by atomic mass is 9.79. The molecule has 0 spiro atoms. The summed E-state index contributed by atoms with van der Waals surface area (Å²) in [5.41, 5.74) is 4.99. The Hall–Kier alpha value is -3.80. The maximum atomic E-state index is 14.2. The van der Waals surface area contributed by atoms with Crippen LogP contribution in [0, 0.1) is 11.3 Å². The first-order valence-electron chi connectivity index (χ1n) is 14.2. The number of rotatable bonds is 10. The molecule has 0 radical (unpaired) electrons. The number of ether oxygens (including phenoxy) is 1. The van der Waals surface area contributed by atoms with Gasteiger partial charge in [0.15, 0.2) is 0 Å². The predicted octanol–water partition coefficient (Wildman–Crippen LogP) is 5.25. The first-order valence-corrected chi connectivity index (χ1v) is 14.2. The van der Waals surface area contributed by atoms with E-state index in [0.29, 0.717) is 24.2 Å². The first kappa shape index (κ1) is 27.8. The molecule has 2 heterocycles. The minimum absolute atomic E-state index is 0.00753. The van der Waals surface area contributed by atoms with Crippen LogP contribution in [0.5, 0.6) is 0 Å². The number of aryl methyl sites for hydroxylation is 1. The Kier molecular flexibility index (Phi) is 8.43. The van der Waals surface area contributed by atoms with Crippen molar-refractivity contribution in [2.75, 3.05) is 13.7 Å².